The van der Waals surface area contributed by atoms with Crippen LogP contribution in [0.1, 0.15) is 37.8 Å². The molecular weight excluding hydrogens is 384 g/mol. The van der Waals surface area contributed by atoms with Crippen molar-refractivity contribution in [2.45, 2.75) is 38.6 Å². The number of guanidine groups is 1. The second-order valence-corrected chi connectivity index (χ2v) is 8.45. The van der Waals surface area contributed by atoms with E-state index in [1.165, 1.54) is 11.1 Å². The first-order valence-electron chi connectivity index (χ1n) is 11.5. The maximum Gasteiger partial charge on any atom is 0.191 e. The van der Waals surface area contributed by atoms with Crippen molar-refractivity contribution < 1.29 is 0 Å². The summed E-state index contributed by atoms with van der Waals surface area (Å²) in [6.07, 6.45) is 4.07. The van der Waals surface area contributed by atoms with E-state index in [2.05, 4.69) is 93.8 Å². The molecule has 1 aliphatic rings. The smallest absolute Gasteiger partial charge is 0.191 e. The minimum absolute atomic E-state index is 0.101. The Morgan fingerprint density at radius 1 is 1.03 bits per heavy atom. The summed E-state index contributed by atoms with van der Waals surface area (Å²) in [5.41, 5.74) is 2.70. The molecule has 2 aromatic rings. The van der Waals surface area contributed by atoms with Crippen LogP contribution in [0.15, 0.2) is 53.7 Å². The summed E-state index contributed by atoms with van der Waals surface area (Å²) in [5.74, 6) is 1.90. The van der Waals surface area contributed by atoms with Crippen molar-refractivity contribution >= 4 is 11.8 Å². The predicted octanol–water partition coefficient (Wildman–Crippen LogP) is 3.26. The maximum absolute atomic E-state index is 4.59. The van der Waals surface area contributed by atoms with Gasteiger partial charge in [-0.1, -0.05) is 44.2 Å². The van der Waals surface area contributed by atoms with Gasteiger partial charge in [0.15, 0.2) is 5.96 Å². The SMILES string of the molecule is CCC(CC)(CNC(=NC)NCc1ccnc(N2CCN(C)CC2)c1)c1ccccc1. The lowest BCUT2D eigenvalue weighted by Gasteiger charge is -2.33. The normalized spacial score (nSPS) is 15.7. The Bertz CT molecular complexity index is 823. The van der Waals surface area contributed by atoms with E-state index in [9.17, 15) is 0 Å². The highest BCUT2D eigenvalue weighted by molar-refractivity contribution is 5.79. The minimum Gasteiger partial charge on any atom is -0.356 e. The highest BCUT2D eigenvalue weighted by Crippen LogP contribution is 2.30. The lowest BCUT2D eigenvalue weighted by Crippen LogP contribution is -2.45. The van der Waals surface area contributed by atoms with Gasteiger partial charge >= 0.3 is 0 Å². The van der Waals surface area contributed by atoms with Crippen LogP contribution in [0.25, 0.3) is 0 Å². The van der Waals surface area contributed by atoms with Crippen molar-refractivity contribution in [1.82, 2.24) is 20.5 Å². The maximum atomic E-state index is 4.59. The van der Waals surface area contributed by atoms with Crippen molar-refractivity contribution in [3.8, 4) is 0 Å². The number of nitrogens with zero attached hydrogens (tertiary/aromatic N) is 4. The molecule has 2 N–H and O–H groups in total. The number of nitrogens with one attached hydrogen (secondary N) is 2. The zero-order valence-corrected chi connectivity index (χ0v) is 19.6. The summed E-state index contributed by atoms with van der Waals surface area (Å²) in [4.78, 5) is 13.8. The highest BCUT2D eigenvalue weighted by atomic mass is 15.3. The standard InChI is InChI=1S/C25H38N6/c1-5-25(6-2,22-10-8-7-9-11-22)20-29-24(26-3)28-19-21-12-13-27-23(18-21)31-16-14-30(4)15-17-31/h7-13,18H,5-6,14-17,19-20H2,1-4H3,(H2,26,28,29). The van der Waals surface area contributed by atoms with Gasteiger partial charge < -0.3 is 20.4 Å². The number of likely N-dealkylation sites (N-methyl/N-ethyl adjacent to an activating group) is 1. The van der Waals surface area contributed by atoms with Crippen LogP contribution < -0.4 is 15.5 Å². The third-order valence-electron chi connectivity index (χ3n) is 6.65. The highest BCUT2D eigenvalue weighted by Gasteiger charge is 2.28. The van der Waals surface area contributed by atoms with Crippen molar-refractivity contribution in [1.29, 1.82) is 0 Å². The molecule has 2 heterocycles. The monoisotopic (exact) mass is 422 g/mol. The molecule has 6 heteroatoms. The summed E-state index contributed by atoms with van der Waals surface area (Å²) < 4.78 is 0. The van der Waals surface area contributed by atoms with Gasteiger partial charge in [-0.3, -0.25) is 4.99 Å². The van der Waals surface area contributed by atoms with Gasteiger partial charge in [0.25, 0.3) is 0 Å². The van der Waals surface area contributed by atoms with Crippen LogP contribution in [0, 0.1) is 0 Å². The first kappa shape index (κ1) is 23.1. The Balaban J connectivity index is 1.59. The van der Waals surface area contributed by atoms with Crippen LogP contribution in [-0.4, -0.2) is 62.7 Å². The van der Waals surface area contributed by atoms with Crippen LogP contribution in [0.2, 0.25) is 0 Å². The van der Waals surface area contributed by atoms with Gasteiger partial charge in [-0.15, -0.1) is 0 Å². The Hall–Kier alpha value is -2.60. The number of pyridine rings is 1. The summed E-state index contributed by atoms with van der Waals surface area (Å²) in [7, 11) is 4.01. The van der Waals surface area contributed by atoms with E-state index in [0.717, 1.165) is 63.9 Å². The second kappa shape index (κ2) is 11.1. The molecule has 0 atom stereocenters. The molecule has 6 nitrogen and oxygen atoms in total. The molecular formula is C25H38N6. The van der Waals surface area contributed by atoms with Gasteiger partial charge in [-0.05, 0) is 43.1 Å². The van der Waals surface area contributed by atoms with E-state index in [1.54, 1.807) is 0 Å². The fraction of sp³-hybridized carbons (Fsp3) is 0.520. The number of anilines is 1. The Morgan fingerprint density at radius 2 is 1.74 bits per heavy atom. The Kier molecular flexibility index (Phi) is 8.29. The van der Waals surface area contributed by atoms with Gasteiger partial charge in [0.1, 0.15) is 5.82 Å². The van der Waals surface area contributed by atoms with Gasteiger partial charge in [0.05, 0.1) is 0 Å². The number of aliphatic imine (C=N–C) groups is 1. The van der Waals surface area contributed by atoms with Crippen LogP contribution in [0.5, 0.6) is 0 Å². The molecule has 1 aromatic carbocycles. The molecule has 0 aliphatic carbocycles. The van der Waals surface area contributed by atoms with Crippen LogP contribution >= 0.6 is 0 Å². The van der Waals surface area contributed by atoms with Crippen LogP contribution in [0.4, 0.5) is 5.82 Å². The lowest BCUT2D eigenvalue weighted by molar-refractivity contribution is 0.312. The number of hydrogen-bond acceptors (Lipinski definition) is 4. The largest absolute Gasteiger partial charge is 0.356 e. The number of piperazine rings is 1. The molecule has 0 amide bonds. The first-order chi connectivity index (χ1) is 15.1. The van der Waals surface area contributed by atoms with Gasteiger partial charge in [-0.25, -0.2) is 4.98 Å². The predicted molar refractivity (Wildman–Crippen MR) is 131 cm³/mol. The third-order valence-corrected chi connectivity index (χ3v) is 6.65. The zero-order valence-electron chi connectivity index (χ0n) is 19.6. The van der Waals surface area contributed by atoms with Crippen LogP contribution in [-0.2, 0) is 12.0 Å². The second-order valence-electron chi connectivity index (χ2n) is 8.45. The van der Waals surface area contributed by atoms with Crippen molar-refractivity contribution in [2.75, 3.05) is 51.7 Å². The zero-order chi connectivity index (χ0) is 22.1. The Morgan fingerprint density at radius 3 is 2.39 bits per heavy atom. The summed E-state index contributed by atoms with van der Waals surface area (Å²) in [6.45, 7) is 10.3. The van der Waals surface area contributed by atoms with E-state index in [1.807, 2.05) is 13.2 Å². The number of aromatic nitrogens is 1. The average molecular weight is 423 g/mol. The number of hydrogen-bond donors (Lipinski definition) is 2. The van der Waals surface area contributed by atoms with E-state index in [4.69, 9.17) is 0 Å². The molecule has 1 aromatic heterocycles. The molecule has 0 radical (unpaired) electrons. The van der Waals surface area contributed by atoms with E-state index >= 15 is 0 Å². The summed E-state index contributed by atoms with van der Waals surface area (Å²) in [6, 6.07) is 15.1. The molecule has 0 spiro atoms. The lowest BCUT2D eigenvalue weighted by atomic mass is 9.76. The molecule has 1 saturated heterocycles. The van der Waals surface area contributed by atoms with Crippen molar-refractivity contribution in [3.05, 3.63) is 59.8 Å². The summed E-state index contributed by atoms with van der Waals surface area (Å²) >= 11 is 0. The fourth-order valence-electron chi connectivity index (χ4n) is 4.24. The van der Waals surface area contributed by atoms with E-state index in [-0.39, 0.29) is 5.41 Å². The van der Waals surface area contributed by atoms with Gasteiger partial charge in [0.2, 0.25) is 0 Å². The molecule has 0 unspecified atom stereocenters. The molecule has 3 rings (SSSR count). The molecule has 0 bridgehead atoms. The molecule has 1 aliphatic heterocycles. The van der Waals surface area contributed by atoms with Crippen LogP contribution in [0.3, 0.4) is 0 Å². The third kappa shape index (κ3) is 5.97. The van der Waals surface area contributed by atoms with E-state index in [0.29, 0.717) is 0 Å². The number of rotatable bonds is 8. The van der Waals surface area contributed by atoms with Crippen molar-refractivity contribution in [2.24, 2.45) is 4.99 Å². The number of benzene rings is 1. The first-order valence-corrected chi connectivity index (χ1v) is 11.5. The minimum atomic E-state index is 0.101. The molecule has 0 saturated carbocycles. The molecule has 31 heavy (non-hydrogen) atoms. The Labute approximate surface area is 187 Å². The average Bonchev–Trinajstić information content (AvgIpc) is 2.83. The fourth-order valence-corrected chi connectivity index (χ4v) is 4.24. The van der Waals surface area contributed by atoms with Gasteiger partial charge in [0, 0.05) is 57.9 Å². The topological polar surface area (TPSA) is 55.8 Å². The summed E-state index contributed by atoms with van der Waals surface area (Å²) in [5, 5.41) is 7.05. The van der Waals surface area contributed by atoms with Crippen molar-refractivity contribution in [3.63, 3.8) is 0 Å². The van der Waals surface area contributed by atoms with Gasteiger partial charge in [-0.2, -0.15) is 0 Å². The van der Waals surface area contributed by atoms with E-state index < -0.39 is 0 Å². The molecule has 168 valence electrons. The molecule has 1 fully saturated rings. The quantitative estimate of drug-likeness (QED) is 0.505.